The molecule has 1 aromatic heterocycles. The number of hydrogen-bond donors (Lipinski definition) is 2. The fourth-order valence-corrected chi connectivity index (χ4v) is 3.37. The second-order valence-corrected chi connectivity index (χ2v) is 5.95. The van der Waals surface area contributed by atoms with E-state index in [9.17, 15) is 0 Å². The fourth-order valence-electron chi connectivity index (χ4n) is 3.37. The van der Waals surface area contributed by atoms with Gasteiger partial charge >= 0.3 is 0 Å². The van der Waals surface area contributed by atoms with Gasteiger partial charge in [0.15, 0.2) is 0 Å². The summed E-state index contributed by atoms with van der Waals surface area (Å²) in [6, 6.07) is 4.64. The van der Waals surface area contributed by atoms with Crippen molar-refractivity contribution in [1.82, 2.24) is 10.3 Å². The molecule has 3 atom stereocenters. The maximum Gasteiger partial charge on any atom is 0.126 e. The van der Waals surface area contributed by atoms with E-state index in [0.717, 1.165) is 24.8 Å². The summed E-state index contributed by atoms with van der Waals surface area (Å²) in [6.45, 7) is 5.59. The number of rotatable bonds is 5. The molecule has 2 rings (SSSR count). The lowest BCUT2D eigenvalue weighted by Crippen LogP contribution is -2.40. The first kappa shape index (κ1) is 14.3. The Balaban J connectivity index is 2.05. The molecular formula is C16H27N3. The maximum absolute atomic E-state index is 5.98. The van der Waals surface area contributed by atoms with Crippen LogP contribution in [0.5, 0.6) is 0 Å². The Morgan fingerprint density at radius 3 is 3.00 bits per heavy atom. The maximum atomic E-state index is 5.98. The molecule has 0 spiro atoms. The van der Waals surface area contributed by atoms with Crippen LogP contribution in [0.2, 0.25) is 0 Å². The standard InChI is InChI=1S/C16H27N3/c1-3-18-15(13-7-4-6-12(2)10-13)11-14-8-5-9-19-16(14)17/h5,8-9,12-13,15,18H,3-4,6-7,10-11H2,1-2H3,(H2,17,19). The minimum Gasteiger partial charge on any atom is -0.383 e. The molecule has 3 unspecified atom stereocenters. The smallest absolute Gasteiger partial charge is 0.126 e. The lowest BCUT2D eigenvalue weighted by Gasteiger charge is -2.34. The molecule has 0 aromatic carbocycles. The van der Waals surface area contributed by atoms with Gasteiger partial charge in [-0.3, -0.25) is 0 Å². The molecule has 106 valence electrons. The Morgan fingerprint density at radius 1 is 1.47 bits per heavy atom. The van der Waals surface area contributed by atoms with Crippen LogP contribution in [0.3, 0.4) is 0 Å². The molecule has 0 amide bonds. The van der Waals surface area contributed by atoms with Gasteiger partial charge in [0, 0.05) is 12.2 Å². The highest BCUT2D eigenvalue weighted by atomic mass is 14.9. The Bertz CT molecular complexity index is 391. The number of nitrogen functional groups attached to an aromatic ring is 1. The van der Waals surface area contributed by atoms with Crippen LogP contribution in [-0.4, -0.2) is 17.6 Å². The van der Waals surface area contributed by atoms with Crippen molar-refractivity contribution in [2.45, 2.75) is 52.0 Å². The predicted molar refractivity (Wildman–Crippen MR) is 80.9 cm³/mol. The summed E-state index contributed by atoms with van der Waals surface area (Å²) in [4.78, 5) is 4.20. The van der Waals surface area contributed by atoms with Crippen molar-refractivity contribution in [3.8, 4) is 0 Å². The summed E-state index contributed by atoms with van der Waals surface area (Å²) >= 11 is 0. The van der Waals surface area contributed by atoms with Crippen molar-refractivity contribution in [3.05, 3.63) is 23.9 Å². The minimum atomic E-state index is 0.541. The summed E-state index contributed by atoms with van der Waals surface area (Å²) in [6.07, 6.45) is 8.23. The molecule has 0 aliphatic heterocycles. The van der Waals surface area contributed by atoms with Crippen molar-refractivity contribution in [2.24, 2.45) is 11.8 Å². The molecule has 3 nitrogen and oxygen atoms in total. The zero-order valence-electron chi connectivity index (χ0n) is 12.2. The van der Waals surface area contributed by atoms with Gasteiger partial charge in [-0.25, -0.2) is 4.98 Å². The van der Waals surface area contributed by atoms with Crippen LogP contribution in [0.1, 0.15) is 45.1 Å². The molecule has 19 heavy (non-hydrogen) atoms. The Morgan fingerprint density at radius 2 is 2.32 bits per heavy atom. The molecule has 1 aromatic rings. The molecule has 3 heteroatoms. The average molecular weight is 261 g/mol. The van der Waals surface area contributed by atoms with E-state index < -0.39 is 0 Å². The first-order valence-corrected chi connectivity index (χ1v) is 7.63. The van der Waals surface area contributed by atoms with Crippen LogP contribution in [0.25, 0.3) is 0 Å². The van der Waals surface area contributed by atoms with Gasteiger partial charge in [-0.15, -0.1) is 0 Å². The zero-order chi connectivity index (χ0) is 13.7. The van der Waals surface area contributed by atoms with Gasteiger partial charge in [0.1, 0.15) is 5.82 Å². The van der Waals surface area contributed by atoms with E-state index in [1.54, 1.807) is 6.20 Å². The lowest BCUT2D eigenvalue weighted by molar-refractivity contribution is 0.222. The van der Waals surface area contributed by atoms with Gasteiger partial charge in [-0.05, 0) is 49.3 Å². The second kappa shape index (κ2) is 6.90. The second-order valence-electron chi connectivity index (χ2n) is 5.95. The number of nitrogens with one attached hydrogen (secondary N) is 1. The molecule has 1 aliphatic carbocycles. The molecule has 1 aliphatic rings. The van der Waals surface area contributed by atoms with Gasteiger partial charge < -0.3 is 11.1 Å². The normalized spacial score (nSPS) is 25.2. The Labute approximate surface area is 117 Å². The first-order chi connectivity index (χ1) is 9.20. The first-order valence-electron chi connectivity index (χ1n) is 7.63. The van der Waals surface area contributed by atoms with Crippen LogP contribution in [-0.2, 0) is 6.42 Å². The molecule has 0 radical (unpaired) electrons. The van der Waals surface area contributed by atoms with E-state index in [2.05, 4.69) is 30.2 Å². The number of aromatic nitrogens is 1. The summed E-state index contributed by atoms with van der Waals surface area (Å²) in [7, 11) is 0. The van der Waals surface area contributed by atoms with Crippen LogP contribution < -0.4 is 11.1 Å². The minimum absolute atomic E-state index is 0.541. The molecule has 1 fully saturated rings. The summed E-state index contributed by atoms with van der Waals surface area (Å²) < 4.78 is 0. The highest BCUT2D eigenvalue weighted by Gasteiger charge is 2.26. The van der Waals surface area contributed by atoms with Gasteiger partial charge in [-0.2, -0.15) is 0 Å². The van der Waals surface area contributed by atoms with E-state index in [1.807, 2.05) is 6.07 Å². The van der Waals surface area contributed by atoms with Crippen molar-refractivity contribution >= 4 is 5.82 Å². The summed E-state index contributed by atoms with van der Waals surface area (Å²) in [5, 5.41) is 3.67. The van der Waals surface area contributed by atoms with Gasteiger partial charge in [-0.1, -0.05) is 32.8 Å². The van der Waals surface area contributed by atoms with Crippen molar-refractivity contribution < 1.29 is 0 Å². The van der Waals surface area contributed by atoms with E-state index in [1.165, 1.54) is 31.2 Å². The van der Waals surface area contributed by atoms with E-state index in [0.29, 0.717) is 11.9 Å². The van der Waals surface area contributed by atoms with Crippen molar-refractivity contribution in [1.29, 1.82) is 0 Å². The fraction of sp³-hybridized carbons (Fsp3) is 0.688. The Kier molecular flexibility index (Phi) is 5.20. The molecule has 1 heterocycles. The third kappa shape index (κ3) is 3.93. The molecular weight excluding hydrogens is 234 g/mol. The predicted octanol–water partition coefficient (Wildman–Crippen LogP) is 3.01. The number of hydrogen-bond acceptors (Lipinski definition) is 3. The van der Waals surface area contributed by atoms with Crippen LogP contribution >= 0.6 is 0 Å². The number of nitrogens with two attached hydrogens (primary N) is 1. The molecule has 3 N–H and O–H groups in total. The third-order valence-corrected chi connectivity index (χ3v) is 4.38. The van der Waals surface area contributed by atoms with E-state index in [-0.39, 0.29) is 0 Å². The van der Waals surface area contributed by atoms with Crippen LogP contribution in [0.15, 0.2) is 18.3 Å². The quantitative estimate of drug-likeness (QED) is 0.856. The van der Waals surface area contributed by atoms with Crippen LogP contribution in [0, 0.1) is 11.8 Å². The van der Waals surface area contributed by atoms with Crippen molar-refractivity contribution in [3.63, 3.8) is 0 Å². The highest BCUT2D eigenvalue weighted by Crippen LogP contribution is 2.32. The topological polar surface area (TPSA) is 50.9 Å². The van der Waals surface area contributed by atoms with Gasteiger partial charge in [0.2, 0.25) is 0 Å². The molecule has 0 saturated heterocycles. The Hall–Kier alpha value is -1.09. The number of likely N-dealkylation sites (N-methyl/N-ethyl adjacent to an activating group) is 1. The van der Waals surface area contributed by atoms with Gasteiger partial charge in [0.05, 0.1) is 0 Å². The zero-order valence-corrected chi connectivity index (χ0v) is 12.2. The summed E-state index contributed by atoms with van der Waals surface area (Å²) in [5.41, 5.74) is 7.17. The van der Waals surface area contributed by atoms with Crippen molar-refractivity contribution in [2.75, 3.05) is 12.3 Å². The SMILES string of the molecule is CCNC(Cc1cccnc1N)C1CCCC(C)C1. The van der Waals surface area contributed by atoms with Gasteiger partial charge in [0.25, 0.3) is 0 Å². The van der Waals surface area contributed by atoms with E-state index in [4.69, 9.17) is 5.73 Å². The summed E-state index contributed by atoms with van der Waals surface area (Å²) in [5.74, 6) is 2.34. The monoisotopic (exact) mass is 261 g/mol. The molecule has 1 saturated carbocycles. The van der Waals surface area contributed by atoms with Crippen LogP contribution in [0.4, 0.5) is 5.82 Å². The third-order valence-electron chi connectivity index (χ3n) is 4.38. The number of nitrogens with zero attached hydrogens (tertiary/aromatic N) is 1. The number of anilines is 1. The highest BCUT2D eigenvalue weighted by molar-refractivity contribution is 5.39. The largest absolute Gasteiger partial charge is 0.383 e. The van der Waals surface area contributed by atoms with E-state index >= 15 is 0 Å². The lowest BCUT2D eigenvalue weighted by atomic mass is 9.77. The number of pyridine rings is 1. The molecule has 0 bridgehead atoms. The average Bonchev–Trinajstić information content (AvgIpc) is 2.40.